The number of phenolic OH excluding ortho intramolecular Hbond substituents is 2. The second-order valence-corrected chi connectivity index (χ2v) is 3.13. The third kappa shape index (κ3) is 1.38. The Bertz CT molecular complexity index is 465. The van der Waals surface area contributed by atoms with Gasteiger partial charge in [0.1, 0.15) is 17.0 Å². The summed E-state index contributed by atoms with van der Waals surface area (Å²) in [7, 11) is 0. The smallest absolute Gasteiger partial charge is 0.145 e. The first-order valence-corrected chi connectivity index (χ1v) is 4.02. The number of hydrogen-bond donors (Lipinski definition) is 2. The summed E-state index contributed by atoms with van der Waals surface area (Å²) < 4.78 is 0. The molecule has 0 bridgehead atoms. The van der Waals surface area contributed by atoms with Gasteiger partial charge in [-0.2, -0.15) is 0 Å². The van der Waals surface area contributed by atoms with Crippen molar-refractivity contribution in [1.82, 2.24) is 4.98 Å². The molecule has 0 saturated carbocycles. The predicted octanol–water partition coefficient (Wildman–Crippen LogP) is 2.30. The van der Waals surface area contributed by atoms with Crippen LogP contribution in [0.15, 0.2) is 24.4 Å². The van der Waals surface area contributed by atoms with Gasteiger partial charge in [-0.3, -0.25) is 4.98 Å². The number of rotatable bonds is 0. The number of benzene rings is 1. The van der Waals surface area contributed by atoms with E-state index in [1.807, 2.05) is 0 Å². The molecule has 0 aliphatic heterocycles. The Hall–Kier alpha value is -1.48. The van der Waals surface area contributed by atoms with Gasteiger partial charge in [0.25, 0.3) is 0 Å². The van der Waals surface area contributed by atoms with Crippen LogP contribution in [0.4, 0.5) is 0 Å². The first kappa shape index (κ1) is 8.13. The molecule has 0 aliphatic carbocycles. The van der Waals surface area contributed by atoms with Gasteiger partial charge in [0.2, 0.25) is 0 Å². The molecule has 0 atom stereocenters. The van der Waals surface area contributed by atoms with Crippen LogP contribution in [-0.4, -0.2) is 15.2 Å². The average Bonchev–Trinajstić information content (AvgIpc) is 2.02. The first-order chi connectivity index (χ1) is 6.16. The van der Waals surface area contributed by atoms with Gasteiger partial charge in [-0.15, -0.1) is 0 Å². The molecule has 2 aromatic rings. The standard InChI is InChI=1S/C9H6ClNO2/c10-6-1-5-2-7(12)3-8(13)9(5)11-4-6/h1-4,12-13H. The molecule has 0 saturated heterocycles. The van der Waals surface area contributed by atoms with Gasteiger partial charge in [0.15, 0.2) is 0 Å². The molecule has 4 heteroatoms. The SMILES string of the molecule is Oc1cc(O)c2ncc(Cl)cc2c1. The number of hydrogen-bond acceptors (Lipinski definition) is 3. The number of pyridine rings is 1. The molecule has 1 aromatic heterocycles. The summed E-state index contributed by atoms with van der Waals surface area (Å²) in [5.74, 6) is -0.0549. The van der Waals surface area contributed by atoms with Crippen LogP contribution in [0.1, 0.15) is 0 Å². The van der Waals surface area contributed by atoms with Crippen LogP contribution in [0.25, 0.3) is 10.9 Å². The molecule has 0 fully saturated rings. The van der Waals surface area contributed by atoms with Crippen molar-refractivity contribution >= 4 is 22.5 Å². The lowest BCUT2D eigenvalue weighted by Gasteiger charge is -2.01. The molecule has 1 heterocycles. The van der Waals surface area contributed by atoms with Gasteiger partial charge < -0.3 is 10.2 Å². The quantitative estimate of drug-likeness (QED) is 0.678. The highest BCUT2D eigenvalue weighted by molar-refractivity contribution is 6.31. The van der Waals surface area contributed by atoms with Crippen LogP contribution in [0.3, 0.4) is 0 Å². The highest BCUT2D eigenvalue weighted by Crippen LogP contribution is 2.29. The third-order valence-corrected chi connectivity index (χ3v) is 1.92. The zero-order valence-corrected chi connectivity index (χ0v) is 7.28. The van der Waals surface area contributed by atoms with E-state index in [9.17, 15) is 10.2 Å². The van der Waals surface area contributed by atoms with E-state index in [2.05, 4.69) is 4.98 Å². The summed E-state index contributed by atoms with van der Waals surface area (Å²) in [6.07, 6.45) is 1.45. The fraction of sp³-hybridized carbons (Fsp3) is 0. The lowest BCUT2D eigenvalue weighted by molar-refractivity contribution is 0.454. The fourth-order valence-electron chi connectivity index (χ4n) is 1.19. The maximum atomic E-state index is 9.38. The van der Waals surface area contributed by atoms with Gasteiger partial charge in [0, 0.05) is 17.6 Å². The molecular weight excluding hydrogens is 190 g/mol. The Balaban J connectivity index is 2.86. The normalized spacial score (nSPS) is 10.5. The highest BCUT2D eigenvalue weighted by atomic mass is 35.5. The Morgan fingerprint density at radius 3 is 2.69 bits per heavy atom. The second kappa shape index (κ2) is 2.78. The van der Waals surface area contributed by atoms with Crippen molar-refractivity contribution in [2.24, 2.45) is 0 Å². The van der Waals surface area contributed by atoms with E-state index in [0.717, 1.165) is 0 Å². The number of phenols is 2. The van der Waals surface area contributed by atoms with E-state index in [1.54, 1.807) is 6.07 Å². The summed E-state index contributed by atoms with van der Waals surface area (Å²) in [4.78, 5) is 3.93. The maximum absolute atomic E-state index is 9.38. The van der Waals surface area contributed by atoms with Crippen molar-refractivity contribution in [1.29, 1.82) is 0 Å². The molecule has 13 heavy (non-hydrogen) atoms. The summed E-state index contributed by atoms with van der Waals surface area (Å²) in [6.45, 7) is 0. The summed E-state index contributed by atoms with van der Waals surface area (Å²) in [5, 5.41) is 19.6. The van der Waals surface area contributed by atoms with Crippen molar-refractivity contribution in [3.05, 3.63) is 29.4 Å². The van der Waals surface area contributed by atoms with Gasteiger partial charge in [-0.25, -0.2) is 0 Å². The van der Waals surface area contributed by atoms with Crippen molar-refractivity contribution in [3.8, 4) is 11.5 Å². The molecule has 3 nitrogen and oxygen atoms in total. The minimum absolute atomic E-state index is 0.00549. The number of nitrogens with zero attached hydrogens (tertiary/aromatic N) is 1. The van der Waals surface area contributed by atoms with Crippen LogP contribution in [-0.2, 0) is 0 Å². The number of aromatic nitrogens is 1. The summed E-state index contributed by atoms with van der Waals surface area (Å²) >= 11 is 5.70. The number of aromatic hydroxyl groups is 2. The first-order valence-electron chi connectivity index (χ1n) is 3.64. The van der Waals surface area contributed by atoms with E-state index in [4.69, 9.17) is 11.6 Å². The Morgan fingerprint density at radius 1 is 1.15 bits per heavy atom. The van der Waals surface area contributed by atoms with Gasteiger partial charge in [-0.1, -0.05) is 11.6 Å². The maximum Gasteiger partial charge on any atom is 0.145 e. The van der Waals surface area contributed by atoms with Crippen LogP contribution in [0.2, 0.25) is 5.02 Å². The minimum atomic E-state index is -0.0494. The molecule has 2 N–H and O–H groups in total. The van der Waals surface area contributed by atoms with E-state index in [-0.39, 0.29) is 11.5 Å². The third-order valence-electron chi connectivity index (χ3n) is 1.71. The molecule has 66 valence electrons. The number of halogens is 1. The summed E-state index contributed by atoms with van der Waals surface area (Å²) in [6, 6.07) is 4.36. The van der Waals surface area contributed by atoms with Gasteiger partial charge in [0.05, 0.1) is 5.02 Å². The molecule has 1 aromatic carbocycles. The van der Waals surface area contributed by atoms with Crippen LogP contribution >= 0.6 is 11.6 Å². The molecule has 0 amide bonds. The summed E-state index contributed by atoms with van der Waals surface area (Å²) in [5.41, 5.74) is 0.433. The highest BCUT2D eigenvalue weighted by Gasteiger charge is 2.03. The molecular formula is C9H6ClNO2. The number of fused-ring (bicyclic) bond motifs is 1. The van der Waals surface area contributed by atoms with Gasteiger partial charge in [-0.05, 0) is 12.1 Å². The Labute approximate surface area is 79.2 Å². The van der Waals surface area contributed by atoms with Crippen molar-refractivity contribution in [2.45, 2.75) is 0 Å². The van der Waals surface area contributed by atoms with Crippen LogP contribution < -0.4 is 0 Å². The molecule has 2 rings (SSSR count). The minimum Gasteiger partial charge on any atom is -0.508 e. The zero-order chi connectivity index (χ0) is 9.42. The second-order valence-electron chi connectivity index (χ2n) is 2.69. The van der Waals surface area contributed by atoms with E-state index in [0.29, 0.717) is 15.9 Å². The predicted molar refractivity (Wildman–Crippen MR) is 50.1 cm³/mol. The van der Waals surface area contributed by atoms with E-state index in [1.165, 1.54) is 18.3 Å². The monoisotopic (exact) mass is 195 g/mol. The molecule has 0 unspecified atom stereocenters. The average molecular weight is 196 g/mol. The van der Waals surface area contributed by atoms with E-state index < -0.39 is 0 Å². The van der Waals surface area contributed by atoms with Crippen molar-refractivity contribution in [2.75, 3.05) is 0 Å². The lowest BCUT2D eigenvalue weighted by Crippen LogP contribution is -1.79. The Kier molecular flexibility index (Phi) is 1.74. The zero-order valence-electron chi connectivity index (χ0n) is 6.53. The van der Waals surface area contributed by atoms with Crippen molar-refractivity contribution < 1.29 is 10.2 Å². The van der Waals surface area contributed by atoms with E-state index >= 15 is 0 Å². The van der Waals surface area contributed by atoms with Crippen molar-refractivity contribution in [3.63, 3.8) is 0 Å². The molecule has 0 spiro atoms. The molecule has 0 aliphatic rings. The fourth-order valence-corrected chi connectivity index (χ4v) is 1.35. The topological polar surface area (TPSA) is 53.4 Å². The lowest BCUT2D eigenvalue weighted by atomic mass is 10.2. The van der Waals surface area contributed by atoms with Crippen LogP contribution in [0.5, 0.6) is 11.5 Å². The Morgan fingerprint density at radius 2 is 1.92 bits per heavy atom. The van der Waals surface area contributed by atoms with Gasteiger partial charge >= 0.3 is 0 Å². The van der Waals surface area contributed by atoms with Crippen LogP contribution in [0, 0.1) is 0 Å². The molecule has 0 radical (unpaired) electrons. The largest absolute Gasteiger partial charge is 0.508 e.